The van der Waals surface area contributed by atoms with Gasteiger partial charge in [-0.15, -0.1) is 0 Å². The van der Waals surface area contributed by atoms with Crippen molar-refractivity contribution in [3.63, 3.8) is 0 Å². The number of aliphatic hydroxyl groups excluding tert-OH is 1. The van der Waals surface area contributed by atoms with Gasteiger partial charge < -0.3 is 15.7 Å². The standard InChI is InChI=1S/C21H22ClN5O2/c22-16-3-1-2-15(9-16)19(28)11-26-6-7-27(20(29)12-26)10-14-4-5-17-18(8-14)24-13-25-21(17)23/h1-5,8-9,13,19,28H,6-7,10-12H2,(H2,23,24,25)/t19-/m0/s1. The Bertz CT molecular complexity index is 1040. The van der Waals surface area contributed by atoms with Crippen LogP contribution in [0.4, 0.5) is 5.82 Å². The summed E-state index contributed by atoms with van der Waals surface area (Å²) in [5, 5.41) is 11.9. The highest BCUT2D eigenvalue weighted by Gasteiger charge is 2.25. The number of nitrogens with zero attached hydrogens (tertiary/aromatic N) is 4. The predicted octanol–water partition coefficient (Wildman–Crippen LogP) is 2.24. The van der Waals surface area contributed by atoms with E-state index >= 15 is 0 Å². The van der Waals surface area contributed by atoms with Crippen molar-refractivity contribution in [3.05, 3.63) is 64.9 Å². The van der Waals surface area contributed by atoms with Crippen molar-refractivity contribution in [2.45, 2.75) is 12.6 Å². The lowest BCUT2D eigenvalue weighted by atomic mass is 10.1. The number of aromatic nitrogens is 2. The third kappa shape index (κ3) is 4.48. The Morgan fingerprint density at radius 3 is 2.83 bits per heavy atom. The first kappa shape index (κ1) is 19.6. The maximum absolute atomic E-state index is 12.6. The molecule has 2 heterocycles. The van der Waals surface area contributed by atoms with E-state index in [0.717, 1.165) is 22.0 Å². The monoisotopic (exact) mass is 411 g/mol. The molecule has 1 atom stereocenters. The molecule has 8 heteroatoms. The largest absolute Gasteiger partial charge is 0.387 e. The number of anilines is 1. The second-order valence-corrected chi connectivity index (χ2v) is 7.67. The first-order valence-corrected chi connectivity index (χ1v) is 9.80. The average molecular weight is 412 g/mol. The number of aliphatic hydroxyl groups is 1. The van der Waals surface area contributed by atoms with Gasteiger partial charge in [0, 0.05) is 36.6 Å². The number of nitrogen functional groups attached to an aromatic ring is 1. The van der Waals surface area contributed by atoms with Crippen molar-refractivity contribution in [2.75, 3.05) is 31.9 Å². The van der Waals surface area contributed by atoms with E-state index in [-0.39, 0.29) is 12.5 Å². The lowest BCUT2D eigenvalue weighted by Crippen LogP contribution is -2.50. The molecule has 1 aliphatic rings. The summed E-state index contributed by atoms with van der Waals surface area (Å²) in [6.07, 6.45) is 0.759. The van der Waals surface area contributed by atoms with Crippen LogP contribution in [-0.2, 0) is 11.3 Å². The summed E-state index contributed by atoms with van der Waals surface area (Å²) in [4.78, 5) is 24.7. The topological polar surface area (TPSA) is 95.6 Å². The summed E-state index contributed by atoms with van der Waals surface area (Å²) < 4.78 is 0. The van der Waals surface area contributed by atoms with Gasteiger partial charge in [-0.1, -0.05) is 29.8 Å². The number of β-amino-alcohol motifs (C(OH)–C–C–N with tert-alkyl or cyclic N) is 1. The Morgan fingerprint density at radius 2 is 2.03 bits per heavy atom. The Labute approximate surface area is 173 Å². The van der Waals surface area contributed by atoms with Gasteiger partial charge in [-0.05, 0) is 35.4 Å². The molecule has 3 aromatic rings. The van der Waals surface area contributed by atoms with Crippen LogP contribution in [0.3, 0.4) is 0 Å². The fourth-order valence-electron chi connectivity index (χ4n) is 3.59. The van der Waals surface area contributed by atoms with Crippen molar-refractivity contribution in [3.8, 4) is 0 Å². The van der Waals surface area contributed by atoms with Crippen LogP contribution in [0.25, 0.3) is 10.9 Å². The number of amides is 1. The summed E-state index contributed by atoms with van der Waals surface area (Å²) in [6.45, 7) is 2.49. The van der Waals surface area contributed by atoms with Crippen molar-refractivity contribution < 1.29 is 9.90 Å². The van der Waals surface area contributed by atoms with Crippen LogP contribution in [-0.4, -0.2) is 57.0 Å². The minimum Gasteiger partial charge on any atom is -0.387 e. The third-order valence-corrected chi connectivity index (χ3v) is 5.40. The normalized spacial score (nSPS) is 16.3. The number of nitrogens with two attached hydrogens (primary N) is 1. The van der Waals surface area contributed by atoms with Gasteiger partial charge in [0.15, 0.2) is 0 Å². The molecule has 0 saturated carbocycles. The second-order valence-electron chi connectivity index (χ2n) is 7.23. The van der Waals surface area contributed by atoms with Gasteiger partial charge >= 0.3 is 0 Å². The maximum atomic E-state index is 12.6. The highest BCUT2D eigenvalue weighted by molar-refractivity contribution is 6.30. The average Bonchev–Trinajstić information content (AvgIpc) is 2.70. The minimum atomic E-state index is -0.682. The number of carbonyl (C=O) groups is 1. The molecule has 0 unspecified atom stereocenters. The molecule has 1 saturated heterocycles. The lowest BCUT2D eigenvalue weighted by Gasteiger charge is -2.35. The van der Waals surface area contributed by atoms with E-state index in [1.165, 1.54) is 6.33 Å². The molecular weight excluding hydrogens is 390 g/mol. The predicted molar refractivity (Wildman–Crippen MR) is 112 cm³/mol. The molecular formula is C21H22ClN5O2. The SMILES string of the molecule is Nc1ncnc2cc(CN3CCN(C[C@H](O)c4cccc(Cl)c4)CC3=O)ccc12. The van der Waals surface area contributed by atoms with Crippen LogP contribution in [0.2, 0.25) is 5.02 Å². The quantitative estimate of drug-likeness (QED) is 0.668. The fourth-order valence-corrected chi connectivity index (χ4v) is 3.78. The first-order valence-electron chi connectivity index (χ1n) is 9.42. The molecule has 0 spiro atoms. The summed E-state index contributed by atoms with van der Waals surface area (Å²) in [5.41, 5.74) is 8.39. The van der Waals surface area contributed by atoms with Crippen LogP contribution < -0.4 is 5.73 Å². The van der Waals surface area contributed by atoms with Crippen molar-refractivity contribution in [2.24, 2.45) is 0 Å². The van der Waals surface area contributed by atoms with E-state index in [4.69, 9.17) is 17.3 Å². The molecule has 3 N–H and O–H groups in total. The molecule has 2 aromatic carbocycles. The number of benzene rings is 2. The molecule has 4 rings (SSSR count). The highest BCUT2D eigenvalue weighted by Crippen LogP contribution is 2.21. The molecule has 1 aliphatic heterocycles. The summed E-state index contributed by atoms with van der Waals surface area (Å²) >= 11 is 6.00. The first-order chi connectivity index (χ1) is 14.0. The Kier molecular flexibility index (Phi) is 5.62. The van der Waals surface area contributed by atoms with Gasteiger partial charge in [0.1, 0.15) is 12.1 Å². The van der Waals surface area contributed by atoms with Crippen LogP contribution in [0.15, 0.2) is 48.8 Å². The van der Waals surface area contributed by atoms with Crippen molar-refractivity contribution >= 4 is 34.2 Å². The van der Waals surface area contributed by atoms with E-state index in [2.05, 4.69) is 9.97 Å². The van der Waals surface area contributed by atoms with Crippen LogP contribution >= 0.6 is 11.6 Å². The summed E-state index contributed by atoms with van der Waals surface area (Å²) in [5.74, 6) is 0.487. The third-order valence-electron chi connectivity index (χ3n) is 5.17. The molecule has 7 nitrogen and oxygen atoms in total. The zero-order valence-electron chi connectivity index (χ0n) is 15.8. The molecule has 0 radical (unpaired) electrons. The number of fused-ring (bicyclic) bond motifs is 1. The molecule has 29 heavy (non-hydrogen) atoms. The Balaban J connectivity index is 1.37. The van der Waals surface area contributed by atoms with Gasteiger partial charge in [-0.25, -0.2) is 9.97 Å². The van der Waals surface area contributed by atoms with Gasteiger partial charge in [-0.2, -0.15) is 0 Å². The smallest absolute Gasteiger partial charge is 0.237 e. The number of hydrogen-bond donors (Lipinski definition) is 2. The molecule has 1 amide bonds. The van der Waals surface area contributed by atoms with E-state index in [1.807, 2.05) is 40.1 Å². The van der Waals surface area contributed by atoms with E-state index < -0.39 is 6.10 Å². The van der Waals surface area contributed by atoms with E-state index in [1.54, 1.807) is 12.1 Å². The zero-order valence-corrected chi connectivity index (χ0v) is 16.6. The number of hydrogen-bond acceptors (Lipinski definition) is 6. The van der Waals surface area contributed by atoms with Crippen molar-refractivity contribution in [1.29, 1.82) is 0 Å². The molecule has 1 fully saturated rings. The van der Waals surface area contributed by atoms with Crippen LogP contribution in [0.5, 0.6) is 0 Å². The zero-order chi connectivity index (χ0) is 20.4. The van der Waals surface area contributed by atoms with E-state index in [0.29, 0.717) is 37.0 Å². The maximum Gasteiger partial charge on any atom is 0.237 e. The number of halogens is 1. The highest BCUT2D eigenvalue weighted by atomic mass is 35.5. The number of rotatable bonds is 5. The number of piperazine rings is 1. The summed E-state index contributed by atoms with van der Waals surface area (Å²) in [7, 11) is 0. The van der Waals surface area contributed by atoms with E-state index in [9.17, 15) is 9.90 Å². The lowest BCUT2D eigenvalue weighted by molar-refractivity contribution is -0.137. The van der Waals surface area contributed by atoms with Crippen molar-refractivity contribution in [1.82, 2.24) is 19.8 Å². The Morgan fingerprint density at radius 1 is 1.17 bits per heavy atom. The van der Waals surface area contributed by atoms with Gasteiger partial charge in [-0.3, -0.25) is 9.69 Å². The van der Waals surface area contributed by atoms with Gasteiger partial charge in [0.25, 0.3) is 0 Å². The summed E-state index contributed by atoms with van der Waals surface area (Å²) in [6, 6.07) is 13.0. The molecule has 0 bridgehead atoms. The van der Waals surface area contributed by atoms with Crippen LogP contribution in [0.1, 0.15) is 17.2 Å². The van der Waals surface area contributed by atoms with Gasteiger partial charge in [0.2, 0.25) is 5.91 Å². The minimum absolute atomic E-state index is 0.0387. The van der Waals surface area contributed by atoms with Gasteiger partial charge in [0.05, 0.1) is 18.2 Å². The second kappa shape index (κ2) is 8.32. The van der Waals surface area contributed by atoms with Crippen LogP contribution in [0, 0.1) is 0 Å². The number of carbonyl (C=O) groups excluding carboxylic acids is 1. The Hall–Kier alpha value is -2.74. The molecule has 150 valence electrons. The molecule has 1 aromatic heterocycles. The molecule has 0 aliphatic carbocycles. The fraction of sp³-hybridized carbons (Fsp3) is 0.286.